The summed E-state index contributed by atoms with van der Waals surface area (Å²) in [7, 11) is 1.69. The van der Waals surface area contributed by atoms with Crippen molar-refractivity contribution in [3.63, 3.8) is 0 Å². The summed E-state index contributed by atoms with van der Waals surface area (Å²) in [4.78, 5) is 12.6. The van der Waals surface area contributed by atoms with E-state index < -0.39 is 0 Å². The molecular formula is C21H23FN4O4. The lowest BCUT2D eigenvalue weighted by Crippen LogP contribution is -2.39. The third-order valence-electron chi connectivity index (χ3n) is 5.11. The number of ether oxygens (including phenoxy) is 2. The Bertz CT molecular complexity index is 1020. The lowest BCUT2D eigenvalue weighted by molar-refractivity contribution is 0.0692. The average Bonchev–Trinajstić information content (AvgIpc) is 3.30. The third kappa shape index (κ3) is 4.35. The minimum Gasteiger partial charge on any atom is -0.471 e. The first kappa shape index (κ1) is 20.1. The maximum Gasteiger partial charge on any atom is 0.269 e. The highest BCUT2D eigenvalue weighted by Gasteiger charge is 2.21. The van der Waals surface area contributed by atoms with Gasteiger partial charge in [-0.1, -0.05) is 5.16 Å². The van der Waals surface area contributed by atoms with Gasteiger partial charge in [0.15, 0.2) is 0 Å². The maximum atomic E-state index is 13.2. The van der Waals surface area contributed by atoms with Crippen LogP contribution >= 0.6 is 0 Å². The van der Waals surface area contributed by atoms with Gasteiger partial charge >= 0.3 is 0 Å². The van der Waals surface area contributed by atoms with Gasteiger partial charge in [-0.25, -0.2) is 4.39 Å². The molecule has 1 N–H and O–H groups in total. The van der Waals surface area contributed by atoms with Crippen LogP contribution in [0.1, 0.15) is 34.7 Å². The number of aryl methyl sites for hydroxylation is 2. The molecule has 1 aromatic carbocycles. The van der Waals surface area contributed by atoms with E-state index in [1.54, 1.807) is 32.2 Å². The summed E-state index contributed by atoms with van der Waals surface area (Å²) in [5.74, 6) is 0.403. The van der Waals surface area contributed by atoms with Gasteiger partial charge in [-0.3, -0.25) is 9.48 Å². The van der Waals surface area contributed by atoms with Crippen LogP contribution in [0.5, 0.6) is 5.88 Å². The summed E-state index contributed by atoms with van der Waals surface area (Å²) in [5.41, 5.74) is 2.46. The fourth-order valence-corrected chi connectivity index (χ4v) is 3.37. The first-order valence-electron chi connectivity index (χ1n) is 9.78. The number of nitrogens with one attached hydrogen (secondary N) is 1. The van der Waals surface area contributed by atoms with E-state index in [4.69, 9.17) is 14.0 Å². The lowest BCUT2D eigenvalue weighted by atomic mass is 10.1. The Morgan fingerprint density at radius 3 is 2.77 bits per heavy atom. The summed E-state index contributed by atoms with van der Waals surface area (Å²) in [6.45, 7) is 3.24. The molecule has 3 aromatic rings. The number of carbonyl (C=O) groups excluding carboxylic acids is 1. The van der Waals surface area contributed by atoms with Crippen LogP contribution in [0.25, 0.3) is 11.3 Å². The first-order valence-corrected chi connectivity index (χ1v) is 9.78. The average molecular weight is 414 g/mol. The lowest BCUT2D eigenvalue weighted by Gasteiger charge is -2.22. The molecule has 8 nitrogen and oxygen atoms in total. The van der Waals surface area contributed by atoms with Gasteiger partial charge in [0.25, 0.3) is 5.91 Å². The van der Waals surface area contributed by atoms with Gasteiger partial charge in [-0.15, -0.1) is 5.10 Å². The summed E-state index contributed by atoms with van der Waals surface area (Å²) < 4.78 is 31.1. The molecule has 1 aliphatic heterocycles. The Morgan fingerprint density at radius 1 is 1.30 bits per heavy atom. The van der Waals surface area contributed by atoms with Gasteiger partial charge < -0.3 is 19.3 Å². The van der Waals surface area contributed by atoms with Crippen LogP contribution in [0.2, 0.25) is 0 Å². The van der Waals surface area contributed by atoms with Gasteiger partial charge in [0.2, 0.25) is 5.88 Å². The zero-order valence-corrected chi connectivity index (χ0v) is 16.9. The van der Waals surface area contributed by atoms with Gasteiger partial charge in [0.05, 0.1) is 5.56 Å². The topological polar surface area (TPSA) is 91.4 Å². The van der Waals surface area contributed by atoms with Crippen molar-refractivity contribution in [1.82, 2.24) is 20.3 Å². The van der Waals surface area contributed by atoms with Crippen molar-refractivity contribution in [2.75, 3.05) is 13.2 Å². The molecule has 0 bridgehead atoms. The van der Waals surface area contributed by atoms with Crippen molar-refractivity contribution in [3.8, 4) is 17.1 Å². The van der Waals surface area contributed by atoms with Crippen LogP contribution in [0.3, 0.4) is 0 Å². The molecule has 1 saturated heterocycles. The smallest absolute Gasteiger partial charge is 0.269 e. The number of amides is 1. The fourth-order valence-electron chi connectivity index (χ4n) is 3.37. The fraction of sp³-hybridized carbons (Fsp3) is 0.381. The van der Waals surface area contributed by atoms with E-state index >= 15 is 0 Å². The van der Waals surface area contributed by atoms with Crippen molar-refractivity contribution in [1.29, 1.82) is 0 Å². The molecule has 2 aromatic heterocycles. The summed E-state index contributed by atoms with van der Waals surface area (Å²) >= 11 is 0. The molecule has 1 amide bonds. The Labute approximate surface area is 173 Å². The molecule has 0 atom stereocenters. The Kier molecular flexibility index (Phi) is 5.80. The number of hydrogen-bond donors (Lipinski definition) is 1. The highest BCUT2D eigenvalue weighted by Crippen LogP contribution is 2.26. The van der Waals surface area contributed by atoms with Crippen molar-refractivity contribution < 1.29 is 23.2 Å². The highest BCUT2D eigenvalue weighted by atomic mass is 19.1. The number of aromatic nitrogens is 3. The standard InChI is InChI=1S/C21H23FN4O4/c1-13-17(20(25-30-13)14-3-5-15(22)6-4-14)12-29-19-11-18(26(2)24-19)21(27)23-16-7-9-28-10-8-16/h3-6,11,16H,7-10,12H2,1-2H3,(H,23,27). The van der Waals surface area contributed by atoms with Crippen molar-refractivity contribution in [2.24, 2.45) is 7.05 Å². The SMILES string of the molecule is Cc1onc(-c2ccc(F)cc2)c1COc1cc(C(=O)NC2CCOCC2)n(C)n1. The zero-order chi connectivity index (χ0) is 21.1. The number of nitrogens with zero attached hydrogens (tertiary/aromatic N) is 3. The minimum absolute atomic E-state index is 0.100. The van der Waals surface area contributed by atoms with Crippen molar-refractivity contribution in [2.45, 2.75) is 32.4 Å². The predicted octanol–water partition coefficient (Wildman–Crippen LogP) is 3.01. The van der Waals surface area contributed by atoms with Gasteiger partial charge in [0.1, 0.15) is 29.6 Å². The van der Waals surface area contributed by atoms with E-state index in [0.29, 0.717) is 36.2 Å². The number of benzene rings is 1. The molecule has 1 aliphatic rings. The molecule has 0 aliphatic carbocycles. The number of carbonyl (C=O) groups is 1. The molecular weight excluding hydrogens is 391 g/mol. The largest absolute Gasteiger partial charge is 0.471 e. The van der Waals surface area contributed by atoms with Crippen LogP contribution in [-0.4, -0.2) is 40.1 Å². The molecule has 158 valence electrons. The molecule has 3 heterocycles. The number of halogens is 1. The predicted molar refractivity (Wildman–Crippen MR) is 105 cm³/mol. The Balaban J connectivity index is 1.45. The molecule has 0 unspecified atom stereocenters. The minimum atomic E-state index is -0.322. The molecule has 0 radical (unpaired) electrons. The second-order valence-electron chi connectivity index (χ2n) is 7.21. The molecule has 9 heteroatoms. The molecule has 0 saturated carbocycles. The van der Waals surface area contributed by atoms with Crippen LogP contribution < -0.4 is 10.1 Å². The maximum absolute atomic E-state index is 13.2. The third-order valence-corrected chi connectivity index (χ3v) is 5.11. The van der Waals surface area contributed by atoms with Crippen molar-refractivity contribution in [3.05, 3.63) is 53.2 Å². The number of hydrogen-bond acceptors (Lipinski definition) is 6. The van der Waals surface area contributed by atoms with E-state index in [-0.39, 0.29) is 24.4 Å². The van der Waals surface area contributed by atoms with Crippen LogP contribution in [0, 0.1) is 12.7 Å². The normalized spacial score (nSPS) is 14.6. The van der Waals surface area contributed by atoms with E-state index in [9.17, 15) is 9.18 Å². The molecule has 1 fully saturated rings. The number of rotatable bonds is 6. The van der Waals surface area contributed by atoms with Gasteiger partial charge in [-0.05, 0) is 44.0 Å². The molecule has 0 spiro atoms. The second-order valence-corrected chi connectivity index (χ2v) is 7.21. The van der Waals surface area contributed by atoms with E-state index in [0.717, 1.165) is 24.0 Å². The van der Waals surface area contributed by atoms with Gasteiger partial charge in [0, 0.05) is 37.9 Å². The van der Waals surface area contributed by atoms with Crippen LogP contribution in [0.4, 0.5) is 4.39 Å². The van der Waals surface area contributed by atoms with Crippen LogP contribution in [0.15, 0.2) is 34.9 Å². The highest BCUT2D eigenvalue weighted by molar-refractivity contribution is 5.93. The monoisotopic (exact) mass is 414 g/mol. The zero-order valence-electron chi connectivity index (χ0n) is 16.9. The van der Waals surface area contributed by atoms with Crippen LogP contribution in [-0.2, 0) is 18.4 Å². The Hall–Kier alpha value is -3.20. The first-order chi connectivity index (χ1) is 14.5. The summed E-state index contributed by atoms with van der Waals surface area (Å²) in [6.07, 6.45) is 1.59. The van der Waals surface area contributed by atoms with Gasteiger partial charge in [-0.2, -0.15) is 0 Å². The van der Waals surface area contributed by atoms with Crippen molar-refractivity contribution >= 4 is 5.91 Å². The van der Waals surface area contributed by atoms with E-state index in [1.807, 2.05) is 0 Å². The van der Waals surface area contributed by atoms with E-state index in [2.05, 4.69) is 15.6 Å². The quantitative estimate of drug-likeness (QED) is 0.667. The summed E-state index contributed by atoms with van der Waals surface area (Å²) in [6, 6.07) is 7.71. The van der Waals surface area contributed by atoms with E-state index in [1.165, 1.54) is 16.8 Å². The second kappa shape index (κ2) is 8.66. The summed E-state index contributed by atoms with van der Waals surface area (Å²) in [5, 5.41) is 11.4. The molecule has 30 heavy (non-hydrogen) atoms. The molecule has 4 rings (SSSR count). The Morgan fingerprint density at radius 2 is 2.03 bits per heavy atom.